The monoisotopic (exact) mass is 408 g/mol. The van der Waals surface area contributed by atoms with Crippen molar-refractivity contribution in [1.29, 1.82) is 0 Å². The summed E-state index contributed by atoms with van der Waals surface area (Å²) in [4.78, 5) is 12.5. The van der Waals surface area contributed by atoms with Gasteiger partial charge in [0.1, 0.15) is 5.75 Å². The first-order valence-electron chi connectivity index (χ1n) is 9.00. The molecule has 0 unspecified atom stereocenters. The fraction of sp³-hybridized carbons (Fsp3) is 0.350. The number of hydrogen-bond donors (Lipinski definition) is 2. The summed E-state index contributed by atoms with van der Waals surface area (Å²) in [6, 6.07) is 7.87. The van der Waals surface area contributed by atoms with Crippen LogP contribution in [0.4, 0.5) is 16.2 Å². The molecule has 0 aromatic heterocycles. The molecule has 0 saturated heterocycles. The van der Waals surface area contributed by atoms with Crippen LogP contribution in [0.15, 0.2) is 30.3 Å². The zero-order chi connectivity index (χ0) is 20.5. The van der Waals surface area contributed by atoms with Crippen LogP contribution in [-0.2, 0) is 0 Å². The zero-order valence-corrected chi connectivity index (χ0v) is 17.2. The molecule has 2 amide bonds. The first kappa shape index (κ1) is 21.5. The van der Waals surface area contributed by atoms with Crippen LogP contribution >= 0.6 is 11.6 Å². The highest BCUT2D eigenvalue weighted by molar-refractivity contribution is 6.31. The first-order chi connectivity index (χ1) is 13.5. The van der Waals surface area contributed by atoms with E-state index in [0.717, 1.165) is 0 Å². The summed E-state index contributed by atoms with van der Waals surface area (Å²) in [6.07, 6.45) is 0. The molecule has 0 heterocycles. The van der Waals surface area contributed by atoms with Crippen LogP contribution in [0, 0.1) is 0 Å². The van der Waals surface area contributed by atoms with E-state index in [9.17, 15) is 4.79 Å². The van der Waals surface area contributed by atoms with E-state index in [1.807, 2.05) is 20.8 Å². The van der Waals surface area contributed by atoms with Crippen LogP contribution in [0.25, 0.3) is 0 Å². The Morgan fingerprint density at radius 3 is 2.04 bits per heavy atom. The molecule has 0 fully saturated rings. The van der Waals surface area contributed by atoms with Gasteiger partial charge in [0, 0.05) is 17.2 Å². The number of rotatable bonds is 9. The Bertz CT molecular complexity index is 786. The van der Waals surface area contributed by atoms with Gasteiger partial charge in [0.15, 0.2) is 11.5 Å². The minimum Gasteiger partial charge on any atom is -0.495 e. The van der Waals surface area contributed by atoms with Crippen molar-refractivity contribution in [3.63, 3.8) is 0 Å². The van der Waals surface area contributed by atoms with Gasteiger partial charge in [-0.1, -0.05) is 11.6 Å². The number of halogens is 1. The fourth-order valence-corrected chi connectivity index (χ4v) is 2.70. The minimum atomic E-state index is -0.463. The van der Waals surface area contributed by atoms with E-state index < -0.39 is 6.03 Å². The summed E-state index contributed by atoms with van der Waals surface area (Å²) >= 11 is 6.00. The smallest absolute Gasteiger partial charge is 0.323 e. The summed E-state index contributed by atoms with van der Waals surface area (Å²) in [7, 11) is 1.52. The lowest BCUT2D eigenvalue weighted by atomic mass is 10.2. The molecule has 2 aromatic carbocycles. The van der Waals surface area contributed by atoms with Crippen molar-refractivity contribution in [2.45, 2.75) is 20.8 Å². The predicted molar refractivity (Wildman–Crippen MR) is 111 cm³/mol. The number of nitrogens with one attached hydrogen (secondary N) is 2. The maximum absolute atomic E-state index is 12.5. The number of anilines is 2. The molecule has 0 aliphatic heterocycles. The number of amides is 2. The Morgan fingerprint density at radius 1 is 0.893 bits per heavy atom. The normalized spacial score (nSPS) is 10.2. The van der Waals surface area contributed by atoms with Crippen LogP contribution in [0.1, 0.15) is 20.8 Å². The minimum absolute atomic E-state index is 0.445. The lowest BCUT2D eigenvalue weighted by Crippen LogP contribution is -2.20. The van der Waals surface area contributed by atoms with E-state index in [2.05, 4.69) is 10.6 Å². The number of carbonyl (C=O) groups is 1. The van der Waals surface area contributed by atoms with Gasteiger partial charge in [-0.25, -0.2) is 4.79 Å². The van der Waals surface area contributed by atoms with Gasteiger partial charge in [-0.15, -0.1) is 0 Å². The molecule has 2 aromatic rings. The first-order valence-corrected chi connectivity index (χ1v) is 9.38. The number of urea groups is 1. The van der Waals surface area contributed by atoms with Gasteiger partial charge in [-0.2, -0.15) is 0 Å². The molecule has 0 spiro atoms. The van der Waals surface area contributed by atoms with Gasteiger partial charge >= 0.3 is 6.03 Å². The molecule has 152 valence electrons. The van der Waals surface area contributed by atoms with Gasteiger partial charge in [-0.3, -0.25) is 0 Å². The van der Waals surface area contributed by atoms with Crippen molar-refractivity contribution in [1.82, 2.24) is 0 Å². The lowest BCUT2D eigenvalue weighted by Gasteiger charge is -2.18. The third-order valence-corrected chi connectivity index (χ3v) is 3.81. The van der Waals surface area contributed by atoms with E-state index in [1.165, 1.54) is 7.11 Å². The third kappa shape index (κ3) is 5.60. The summed E-state index contributed by atoms with van der Waals surface area (Å²) < 4.78 is 22.2. The van der Waals surface area contributed by atoms with Gasteiger partial charge in [-0.05, 0) is 39.0 Å². The van der Waals surface area contributed by atoms with Crippen molar-refractivity contribution in [2.75, 3.05) is 37.6 Å². The Hall–Kier alpha value is -2.80. The van der Waals surface area contributed by atoms with Crippen LogP contribution in [0.3, 0.4) is 0 Å². The molecule has 0 aliphatic rings. The number of methoxy groups -OCH3 is 1. The van der Waals surface area contributed by atoms with Crippen molar-refractivity contribution < 1.29 is 23.7 Å². The Labute approximate surface area is 169 Å². The summed E-state index contributed by atoms with van der Waals surface area (Å²) in [5, 5.41) is 5.97. The van der Waals surface area contributed by atoms with Crippen LogP contribution in [0.2, 0.25) is 5.02 Å². The molecule has 2 N–H and O–H groups in total. The highest BCUT2D eigenvalue weighted by Gasteiger charge is 2.16. The van der Waals surface area contributed by atoms with E-state index in [0.29, 0.717) is 59.2 Å². The third-order valence-electron chi connectivity index (χ3n) is 3.58. The van der Waals surface area contributed by atoms with Gasteiger partial charge in [0.25, 0.3) is 0 Å². The standard InChI is InChI=1S/C20H25ClN2O5/c1-5-26-17-11-14(12-18(27-6-2)19(17)28-7-3)22-20(24)23-15-10-13(21)8-9-16(15)25-4/h8-12H,5-7H2,1-4H3,(H2,22,23,24). The number of benzene rings is 2. The number of carbonyl (C=O) groups excluding carboxylic acids is 1. The molecule has 0 atom stereocenters. The number of hydrogen-bond acceptors (Lipinski definition) is 5. The Kier molecular flexibility index (Phi) is 8.07. The second-order valence-corrected chi connectivity index (χ2v) is 5.96. The molecule has 8 heteroatoms. The quantitative estimate of drug-likeness (QED) is 0.597. The van der Waals surface area contributed by atoms with E-state index in [-0.39, 0.29) is 0 Å². The van der Waals surface area contributed by atoms with E-state index in [4.69, 9.17) is 30.5 Å². The van der Waals surface area contributed by atoms with Gasteiger partial charge in [0.2, 0.25) is 5.75 Å². The molecular weight excluding hydrogens is 384 g/mol. The SMILES string of the molecule is CCOc1cc(NC(=O)Nc2cc(Cl)ccc2OC)cc(OCC)c1OCC. The Morgan fingerprint density at radius 2 is 1.50 bits per heavy atom. The number of ether oxygens (including phenoxy) is 4. The fourth-order valence-electron chi connectivity index (χ4n) is 2.52. The molecule has 7 nitrogen and oxygen atoms in total. The predicted octanol–water partition coefficient (Wildman–Crippen LogP) is 5.19. The maximum atomic E-state index is 12.5. The van der Waals surface area contributed by atoms with E-state index >= 15 is 0 Å². The maximum Gasteiger partial charge on any atom is 0.323 e. The van der Waals surface area contributed by atoms with Crippen molar-refractivity contribution >= 4 is 29.0 Å². The molecule has 0 radical (unpaired) electrons. The van der Waals surface area contributed by atoms with Crippen LogP contribution < -0.4 is 29.6 Å². The van der Waals surface area contributed by atoms with E-state index in [1.54, 1.807) is 30.3 Å². The topological polar surface area (TPSA) is 78.1 Å². The van der Waals surface area contributed by atoms with Crippen molar-refractivity contribution in [3.05, 3.63) is 35.4 Å². The molecule has 0 bridgehead atoms. The summed E-state index contributed by atoms with van der Waals surface area (Å²) in [6.45, 7) is 6.97. The molecule has 0 aliphatic carbocycles. The molecular formula is C20H25ClN2O5. The second kappa shape index (κ2) is 10.5. The molecule has 28 heavy (non-hydrogen) atoms. The van der Waals surface area contributed by atoms with Crippen molar-refractivity contribution in [2.24, 2.45) is 0 Å². The van der Waals surface area contributed by atoms with Crippen LogP contribution in [-0.4, -0.2) is 33.0 Å². The summed E-state index contributed by atoms with van der Waals surface area (Å²) in [5.41, 5.74) is 0.947. The molecule has 2 rings (SSSR count). The largest absolute Gasteiger partial charge is 0.495 e. The average molecular weight is 409 g/mol. The highest BCUT2D eigenvalue weighted by Crippen LogP contribution is 2.41. The lowest BCUT2D eigenvalue weighted by molar-refractivity contribution is 0.260. The van der Waals surface area contributed by atoms with Gasteiger partial charge in [0.05, 0.1) is 38.3 Å². The summed E-state index contributed by atoms with van der Waals surface area (Å²) in [5.74, 6) is 1.99. The van der Waals surface area contributed by atoms with Crippen molar-refractivity contribution in [3.8, 4) is 23.0 Å². The second-order valence-electron chi connectivity index (χ2n) is 5.52. The highest BCUT2D eigenvalue weighted by atomic mass is 35.5. The Balaban J connectivity index is 2.27. The zero-order valence-electron chi connectivity index (χ0n) is 16.4. The average Bonchev–Trinajstić information content (AvgIpc) is 2.65. The van der Waals surface area contributed by atoms with Crippen LogP contribution in [0.5, 0.6) is 23.0 Å². The molecule has 0 saturated carbocycles. The van der Waals surface area contributed by atoms with Gasteiger partial charge < -0.3 is 29.6 Å².